The van der Waals surface area contributed by atoms with Gasteiger partial charge >= 0.3 is 0 Å². The summed E-state index contributed by atoms with van der Waals surface area (Å²) >= 11 is 0. The second-order valence-electron chi connectivity index (χ2n) is 4.48. The third kappa shape index (κ3) is 9.09. The summed E-state index contributed by atoms with van der Waals surface area (Å²) < 4.78 is 0. The lowest BCUT2D eigenvalue weighted by Gasteiger charge is -2.07. The molecule has 0 aliphatic carbocycles. The minimum Gasteiger partial charge on any atom is -0.349 e. The Balaban J connectivity index is 0. The Hall–Kier alpha value is -1.90. The Morgan fingerprint density at radius 2 is 2.00 bits per heavy atom. The van der Waals surface area contributed by atoms with E-state index in [1.54, 1.807) is 18.4 Å². The van der Waals surface area contributed by atoms with Crippen molar-refractivity contribution in [1.82, 2.24) is 5.32 Å². The zero-order chi connectivity index (χ0) is 15.2. The molecule has 3 nitrogen and oxygen atoms in total. The molecule has 0 aromatic rings. The van der Waals surface area contributed by atoms with Gasteiger partial charge in [-0.2, -0.15) is 0 Å². The molecule has 112 valence electrons. The molecule has 3 heteroatoms. The maximum absolute atomic E-state index is 11.5. The van der Waals surface area contributed by atoms with Crippen LogP contribution in [-0.4, -0.2) is 19.2 Å². The normalized spacial score (nSPS) is 12.2. The Morgan fingerprint density at radius 1 is 1.30 bits per heavy atom. The summed E-state index contributed by atoms with van der Waals surface area (Å²) in [5, 5.41) is 2.79. The quantitative estimate of drug-likeness (QED) is 0.278. The summed E-state index contributed by atoms with van der Waals surface area (Å²) in [4.78, 5) is 15.2. The number of hydrogen-bond acceptors (Lipinski definition) is 2. The summed E-state index contributed by atoms with van der Waals surface area (Å²) in [6, 6.07) is 0. The predicted molar refractivity (Wildman–Crippen MR) is 89.9 cm³/mol. The second kappa shape index (κ2) is 12.2. The molecule has 1 N–H and O–H groups in total. The van der Waals surface area contributed by atoms with E-state index in [9.17, 15) is 4.79 Å². The zero-order valence-corrected chi connectivity index (χ0v) is 12.6. The average molecular weight is 276 g/mol. The van der Waals surface area contributed by atoms with Gasteiger partial charge in [-0.1, -0.05) is 51.5 Å². The fraction of sp³-hybridized carbons (Fsp3) is 0.412. The summed E-state index contributed by atoms with van der Waals surface area (Å²) in [6.07, 6.45) is 13.9. The Morgan fingerprint density at radius 3 is 2.55 bits per heavy atom. The van der Waals surface area contributed by atoms with Crippen molar-refractivity contribution in [1.29, 1.82) is 0 Å². The Kier molecular flexibility index (Phi) is 11.0. The monoisotopic (exact) mass is 276 g/mol. The van der Waals surface area contributed by atoms with Crippen LogP contribution in [0.15, 0.2) is 53.7 Å². The number of allylic oxidation sites excluding steroid dienone is 4. The average Bonchev–Trinajstić information content (AvgIpc) is 2.47. The number of carbonyl (C=O) groups excluding carboxylic acids is 1. The van der Waals surface area contributed by atoms with E-state index in [1.165, 1.54) is 18.9 Å². The predicted octanol–water partition coefficient (Wildman–Crippen LogP) is 4.06. The van der Waals surface area contributed by atoms with Crippen molar-refractivity contribution in [2.24, 2.45) is 10.9 Å². The van der Waals surface area contributed by atoms with Gasteiger partial charge in [-0.25, -0.2) is 0 Å². The fourth-order valence-electron chi connectivity index (χ4n) is 1.65. The molecule has 0 spiro atoms. The van der Waals surface area contributed by atoms with Gasteiger partial charge in [-0.05, 0) is 30.7 Å². The largest absolute Gasteiger partial charge is 0.349 e. The van der Waals surface area contributed by atoms with Crippen LogP contribution < -0.4 is 5.32 Å². The number of amides is 1. The van der Waals surface area contributed by atoms with Crippen molar-refractivity contribution in [3.63, 3.8) is 0 Å². The van der Waals surface area contributed by atoms with Crippen LogP contribution >= 0.6 is 0 Å². The first-order valence-corrected chi connectivity index (χ1v) is 7.07. The van der Waals surface area contributed by atoms with Crippen LogP contribution in [0.3, 0.4) is 0 Å². The molecule has 0 atom stereocenters. The van der Waals surface area contributed by atoms with Crippen LogP contribution in [0, 0.1) is 5.92 Å². The SMILES string of the molecule is C=CC(/C=C/C(=O)NC/C=C/CC(CC)CC)=C\N=C.[HH]. The molecule has 0 aliphatic rings. The van der Waals surface area contributed by atoms with Gasteiger partial charge in [0.25, 0.3) is 0 Å². The third-order valence-electron chi connectivity index (χ3n) is 3.09. The molecule has 0 radical (unpaired) electrons. The van der Waals surface area contributed by atoms with Gasteiger partial charge in [0, 0.05) is 20.2 Å². The van der Waals surface area contributed by atoms with Gasteiger partial charge < -0.3 is 5.32 Å². The molecule has 0 heterocycles. The molecule has 1 amide bonds. The van der Waals surface area contributed by atoms with Gasteiger partial charge in [-0.3, -0.25) is 9.79 Å². The first kappa shape index (κ1) is 18.1. The van der Waals surface area contributed by atoms with Crippen molar-refractivity contribution >= 4 is 12.6 Å². The Bertz CT molecular complexity index is 394. The first-order chi connectivity index (χ1) is 9.67. The van der Waals surface area contributed by atoms with E-state index in [1.807, 2.05) is 6.08 Å². The van der Waals surface area contributed by atoms with Gasteiger partial charge in [-0.15, -0.1) is 0 Å². The summed E-state index contributed by atoms with van der Waals surface area (Å²) in [5.74, 6) is 0.613. The molecule has 0 aliphatic heterocycles. The van der Waals surface area contributed by atoms with Crippen LogP contribution in [0.4, 0.5) is 0 Å². The van der Waals surface area contributed by atoms with E-state index >= 15 is 0 Å². The van der Waals surface area contributed by atoms with Crippen molar-refractivity contribution in [3.05, 3.63) is 48.7 Å². The number of nitrogens with one attached hydrogen (secondary N) is 1. The highest BCUT2D eigenvalue weighted by atomic mass is 16.1. The molecule has 20 heavy (non-hydrogen) atoms. The summed E-state index contributed by atoms with van der Waals surface area (Å²) in [6.45, 7) is 11.9. The smallest absolute Gasteiger partial charge is 0.244 e. The van der Waals surface area contributed by atoms with E-state index in [4.69, 9.17) is 0 Å². The topological polar surface area (TPSA) is 41.5 Å². The van der Waals surface area contributed by atoms with Gasteiger partial charge in [0.15, 0.2) is 0 Å². The van der Waals surface area contributed by atoms with Gasteiger partial charge in [0.2, 0.25) is 5.91 Å². The third-order valence-corrected chi connectivity index (χ3v) is 3.09. The molecule has 0 saturated carbocycles. The molecule has 0 saturated heterocycles. The van der Waals surface area contributed by atoms with Crippen LogP contribution in [0.5, 0.6) is 0 Å². The lowest BCUT2D eigenvalue weighted by Crippen LogP contribution is -2.20. The molecule has 0 rings (SSSR count). The standard InChI is InChI=1S/C17H26N2O.H2/c1-5-15(6-2)10-8-9-13-19-17(20)12-11-16(7-3)14-18-4;/h7-9,11-12,14-15H,3-6,10,13H2,1-2H3,(H,19,20);1H/b9-8+,12-11+,16-14+;. The van der Waals surface area contributed by atoms with Crippen molar-refractivity contribution in [3.8, 4) is 0 Å². The number of carbonyl (C=O) groups is 1. The van der Waals surface area contributed by atoms with Crippen molar-refractivity contribution in [2.45, 2.75) is 33.1 Å². The van der Waals surface area contributed by atoms with E-state index in [0.29, 0.717) is 6.54 Å². The lowest BCUT2D eigenvalue weighted by molar-refractivity contribution is -0.116. The highest BCUT2D eigenvalue weighted by molar-refractivity contribution is 5.88. The number of hydrogen-bond donors (Lipinski definition) is 1. The minimum absolute atomic E-state index is 0. The maximum Gasteiger partial charge on any atom is 0.244 e. The zero-order valence-electron chi connectivity index (χ0n) is 12.6. The van der Waals surface area contributed by atoms with E-state index in [2.05, 4.69) is 43.5 Å². The highest BCUT2D eigenvalue weighted by Crippen LogP contribution is 2.12. The van der Waals surface area contributed by atoms with E-state index in [-0.39, 0.29) is 7.33 Å². The van der Waals surface area contributed by atoms with Gasteiger partial charge in [0.05, 0.1) is 0 Å². The van der Waals surface area contributed by atoms with Crippen LogP contribution in [0.2, 0.25) is 0 Å². The molecular weight excluding hydrogens is 248 g/mol. The number of nitrogens with zero attached hydrogens (tertiary/aromatic N) is 1. The molecule has 0 bridgehead atoms. The summed E-state index contributed by atoms with van der Waals surface area (Å²) in [7, 11) is 0. The molecule has 0 unspecified atom stereocenters. The highest BCUT2D eigenvalue weighted by Gasteiger charge is 1.99. The minimum atomic E-state index is -0.131. The van der Waals surface area contributed by atoms with Crippen molar-refractivity contribution < 1.29 is 6.22 Å². The van der Waals surface area contributed by atoms with Gasteiger partial charge in [0.1, 0.15) is 0 Å². The second-order valence-corrected chi connectivity index (χ2v) is 4.48. The molecular formula is C17H28N2O. The number of rotatable bonds is 10. The number of aliphatic imine (C=N–C) groups is 1. The van der Waals surface area contributed by atoms with E-state index in [0.717, 1.165) is 17.9 Å². The van der Waals surface area contributed by atoms with E-state index < -0.39 is 0 Å². The summed E-state index contributed by atoms with van der Waals surface area (Å²) in [5.41, 5.74) is 0.749. The maximum atomic E-state index is 11.5. The fourth-order valence-corrected chi connectivity index (χ4v) is 1.65. The lowest BCUT2D eigenvalue weighted by atomic mass is 9.99. The molecule has 0 aromatic carbocycles. The van der Waals surface area contributed by atoms with Crippen LogP contribution in [0.25, 0.3) is 0 Å². The molecule has 0 aromatic heterocycles. The van der Waals surface area contributed by atoms with Crippen molar-refractivity contribution in [2.75, 3.05) is 6.54 Å². The van der Waals surface area contributed by atoms with Crippen LogP contribution in [0.1, 0.15) is 34.5 Å². The Labute approximate surface area is 124 Å². The molecule has 0 fully saturated rings. The van der Waals surface area contributed by atoms with Crippen LogP contribution in [-0.2, 0) is 4.79 Å². The first-order valence-electron chi connectivity index (χ1n) is 7.07.